The van der Waals surface area contributed by atoms with E-state index in [2.05, 4.69) is 32.8 Å². The van der Waals surface area contributed by atoms with Gasteiger partial charge in [0.05, 0.1) is 19.5 Å². The van der Waals surface area contributed by atoms with Gasteiger partial charge in [-0.15, -0.1) is 0 Å². The number of nitrogens with one attached hydrogen (secondary N) is 1. The zero-order valence-electron chi connectivity index (χ0n) is 23.9. The van der Waals surface area contributed by atoms with E-state index < -0.39 is 91.7 Å². The number of carbonyl (C=O) groups excluding carboxylic acids is 1. The van der Waals surface area contributed by atoms with Crippen molar-refractivity contribution < 1.29 is 85.3 Å². The summed E-state index contributed by atoms with van der Waals surface area (Å²) < 4.78 is 68.3. The zero-order valence-corrected chi connectivity index (χ0v) is 26.5. The highest BCUT2D eigenvalue weighted by molar-refractivity contribution is 7.61. The third-order valence-corrected chi connectivity index (χ3v) is 10.1. The summed E-state index contributed by atoms with van der Waals surface area (Å²) in [5, 5.41) is 31.5. The van der Waals surface area contributed by atoms with Gasteiger partial charge < -0.3 is 60.8 Å². The van der Waals surface area contributed by atoms with Gasteiger partial charge in [0.1, 0.15) is 41.6 Å². The van der Waals surface area contributed by atoms with Crippen molar-refractivity contribution in [3.05, 3.63) is 48.5 Å². The lowest BCUT2D eigenvalue weighted by Crippen LogP contribution is -2.46. The molecule has 2 fully saturated rings. The van der Waals surface area contributed by atoms with Crippen LogP contribution in [0.15, 0.2) is 37.2 Å². The number of ether oxygens (including phenoxy) is 2. The first-order valence-corrected chi connectivity index (χ1v) is 17.8. The minimum atomic E-state index is -5.53. The van der Waals surface area contributed by atoms with E-state index in [4.69, 9.17) is 20.9 Å². The number of pyridine rings is 1. The van der Waals surface area contributed by atoms with Crippen LogP contribution < -0.4 is 10.3 Å². The summed E-state index contributed by atoms with van der Waals surface area (Å²) in [4.78, 5) is 61.9. The van der Waals surface area contributed by atoms with Gasteiger partial charge >= 0.3 is 23.5 Å². The molecule has 3 aromatic rings. The lowest BCUT2D eigenvalue weighted by atomic mass is 10.1. The van der Waals surface area contributed by atoms with E-state index in [1.165, 1.54) is 29.1 Å². The Bertz CT molecular complexity index is 1810. The van der Waals surface area contributed by atoms with E-state index in [0.29, 0.717) is 0 Å². The summed E-state index contributed by atoms with van der Waals surface area (Å²) in [6, 6.07) is 2.79. The number of rotatable bonds is 13. The Morgan fingerprint density at radius 2 is 1.62 bits per heavy atom. The molecule has 0 bridgehead atoms. The SMILES string of the molecule is [NH-]c1ncnc2c1ncn2[C@H]1O[C@@H](COP(=O)(O)OP(=O)(O)OC[C@H]2O[C@@H]([n+]3cccc(C(N)=O)c3)[C@@H](O)C2O)[C@@H](O)C1OP(=O)(O)O. The summed E-state index contributed by atoms with van der Waals surface area (Å²) in [5.74, 6) is -1.10. The second kappa shape index (κ2) is 13.8. The lowest BCUT2D eigenvalue weighted by Gasteiger charge is -2.22. The summed E-state index contributed by atoms with van der Waals surface area (Å²) in [7, 11) is -16.3. The number of aliphatic hydroxyl groups excluding tert-OH is 3. The molecule has 4 unspecified atom stereocenters. The first-order valence-electron chi connectivity index (χ1n) is 13.3. The van der Waals surface area contributed by atoms with E-state index >= 15 is 0 Å². The molecule has 10 N–H and O–H groups in total. The topological polar surface area (TPSA) is 363 Å². The van der Waals surface area contributed by atoms with E-state index in [9.17, 15) is 53.4 Å². The predicted molar refractivity (Wildman–Crippen MR) is 150 cm³/mol. The molecule has 24 nitrogen and oxygen atoms in total. The third-order valence-electron chi connectivity index (χ3n) is 6.95. The fourth-order valence-corrected chi connectivity index (χ4v) is 7.45. The van der Waals surface area contributed by atoms with Crippen LogP contribution in [-0.4, -0.2) is 110 Å². The van der Waals surface area contributed by atoms with Crippen molar-refractivity contribution in [1.82, 2.24) is 19.5 Å². The molecule has 27 heteroatoms. The Morgan fingerprint density at radius 1 is 0.979 bits per heavy atom. The van der Waals surface area contributed by atoms with Crippen LogP contribution in [0.4, 0.5) is 5.82 Å². The van der Waals surface area contributed by atoms with Gasteiger partial charge in [-0.05, 0) is 11.9 Å². The van der Waals surface area contributed by atoms with Crippen molar-refractivity contribution in [3.8, 4) is 0 Å². The molecule has 2 aliphatic rings. The van der Waals surface area contributed by atoms with Crippen LogP contribution in [0.2, 0.25) is 0 Å². The molecule has 1 amide bonds. The van der Waals surface area contributed by atoms with E-state index in [-0.39, 0.29) is 22.5 Å². The van der Waals surface area contributed by atoms with Gasteiger partial charge in [0, 0.05) is 12.4 Å². The Morgan fingerprint density at radius 3 is 2.25 bits per heavy atom. The molecular weight excluding hydrogens is 715 g/mol. The van der Waals surface area contributed by atoms with E-state index in [1.54, 1.807) is 0 Å². The summed E-state index contributed by atoms with van der Waals surface area (Å²) in [5.41, 5.74) is 13.0. The number of fused-ring (bicyclic) bond motifs is 1. The largest absolute Gasteiger partial charge is 0.481 e. The van der Waals surface area contributed by atoms with Crippen LogP contribution in [0.1, 0.15) is 22.8 Å². The number of hydrogen-bond acceptors (Lipinski definition) is 16. The molecule has 5 heterocycles. The van der Waals surface area contributed by atoms with Crippen molar-refractivity contribution in [1.29, 1.82) is 0 Å². The van der Waals surface area contributed by atoms with Crippen molar-refractivity contribution in [2.75, 3.05) is 13.2 Å². The number of aromatic nitrogens is 5. The Kier molecular flexibility index (Phi) is 10.5. The first-order chi connectivity index (χ1) is 22.4. The minimum Gasteiger partial charge on any atom is -0.480 e. The maximum Gasteiger partial charge on any atom is 0.481 e. The van der Waals surface area contributed by atoms with Crippen molar-refractivity contribution in [2.45, 2.75) is 49.1 Å². The number of primary amides is 1. The molecule has 2 aliphatic heterocycles. The molecule has 10 atom stereocenters. The lowest BCUT2D eigenvalue weighted by molar-refractivity contribution is -0.765. The number of nitrogens with zero attached hydrogens (tertiary/aromatic N) is 5. The Hall–Kier alpha value is -2.86. The number of phosphoric ester groups is 3. The molecule has 0 aliphatic carbocycles. The quantitative estimate of drug-likeness (QED) is 0.0707. The number of nitrogens with two attached hydrogens (primary N) is 1. The van der Waals surface area contributed by atoms with Gasteiger partial charge in [-0.3, -0.25) is 22.9 Å². The highest BCUT2D eigenvalue weighted by Crippen LogP contribution is 2.61. The van der Waals surface area contributed by atoms with Crippen LogP contribution in [-0.2, 0) is 41.1 Å². The van der Waals surface area contributed by atoms with Crippen LogP contribution in [0.25, 0.3) is 16.9 Å². The minimum absolute atomic E-state index is 0.0397. The van der Waals surface area contributed by atoms with Crippen LogP contribution in [0.5, 0.6) is 0 Å². The predicted octanol–water partition coefficient (Wildman–Crippen LogP) is -1.80. The molecule has 2 saturated heterocycles. The number of imidazole rings is 1. The molecule has 5 rings (SSSR count). The van der Waals surface area contributed by atoms with Gasteiger partial charge in [-0.25, -0.2) is 23.7 Å². The van der Waals surface area contributed by atoms with Gasteiger partial charge in [-0.1, -0.05) is 0 Å². The number of phosphoric acid groups is 3. The Balaban J connectivity index is 1.21. The molecule has 264 valence electrons. The van der Waals surface area contributed by atoms with Gasteiger partial charge in [0.2, 0.25) is 0 Å². The molecule has 0 aromatic carbocycles. The number of aliphatic hydroxyl groups is 3. The number of carbonyl (C=O) groups is 1. The summed E-state index contributed by atoms with van der Waals surface area (Å²) in [6.07, 6.45) is -8.59. The third kappa shape index (κ3) is 8.12. The second-order valence-corrected chi connectivity index (χ2v) is 14.5. The number of hydrogen-bond donors (Lipinski definition) is 8. The first kappa shape index (κ1) is 36.4. The average Bonchev–Trinajstić information content (AvgIpc) is 3.64. The van der Waals surface area contributed by atoms with E-state index in [1.807, 2.05) is 0 Å². The molecule has 0 spiro atoms. The average molecular weight is 743 g/mol. The second-order valence-electron chi connectivity index (χ2n) is 10.2. The Labute approximate surface area is 267 Å². The number of amides is 1. The van der Waals surface area contributed by atoms with Gasteiger partial charge in [0.15, 0.2) is 30.4 Å². The van der Waals surface area contributed by atoms with Crippen molar-refractivity contribution >= 4 is 46.4 Å². The highest BCUT2D eigenvalue weighted by atomic mass is 31.3. The van der Waals surface area contributed by atoms with E-state index in [0.717, 1.165) is 17.2 Å². The fourth-order valence-electron chi connectivity index (χ4n) is 4.81. The van der Waals surface area contributed by atoms with Crippen LogP contribution in [0.3, 0.4) is 0 Å². The smallest absolute Gasteiger partial charge is 0.480 e. The van der Waals surface area contributed by atoms with Crippen molar-refractivity contribution in [2.24, 2.45) is 5.73 Å². The molecular formula is C21H28N7O17P3. The highest BCUT2D eigenvalue weighted by Gasteiger charge is 2.51. The standard InChI is InChI=1S/C21H28N7O17P3/c22-17-12-19(25-7-24-17)28(8-26-12)21-16(44-46(33,34)35)14(30)11(43-21)6-41-48(38,39)45-47(36,37)40-5-10-13(29)15(31)20(42-10)27-3-1-2-9(4-27)18(23)32/h1-4,7-8,10-11,13-16,20-21,29-31H,5-6H2,(H7-,22,23,24,25,32,33,34,35,36,37,38,39)/t10-,11+,13?,14-,15+,16?,20-,21+/m1/s1. The van der Waals surface area contributed by atoms with Gasteiger partial charge in [0.25, 0.3) is 12.1 Å². The molecule has 48 heavy (non-hydrogen) atoms. The zero-order chi connectivity index (χ0) is 35.2. The molecule has 0 radical (unpaired) electrons. The fraction of sp³-hybridized carbons (Fsp3) is 0.476. The monoisotopic (exact) mass is 743 g/mol. The molecule has 0 saturated carbocycles. The molecule has 3 aromatic heterocycles. The maximum atomic E-state index is 12.6. The normalized spacial score (nSPS) is 30.3. The van der Waals surface area contributed by atoms with Gasteiger partial charge in [-0.2, -0.15) is 8.88 Å². The summed E-state index contributed by atoms with van der Waals surface area (Å²) >= 11 is 0. The van der Waals surface area contributed by atoms with Crippen LogP contribution >= 0.6 is 23.5 Å². The maximum absolute atomic E-state index is 12.6. The van der Waals surface area contributed by atoms with Crippen molar-refractivity contribution in [3.63, 3.8) is 0 Å². The summed E-state index contributed by atoms with van der Waals surface area (Å²) in [6.45, 7) is -2.05. The van der Waals surface area contributed by atoms with Crippen LogP contribution in [0, 0.1) is 0 Å².